The van der Waals surface area contributed by atoms with E-state index in [9.17, 15) is 4.79 Å². The first-order chi connectivity index (χ1) is 9.10. The Bertz CT molecular complexity index is 509. The fraction of sp³-hybridized carbons (Fsp3) is 0.533. The number of aryl methyl sites for hydroxylation is 1. The van der Waals surface area contributed by atoms with Crippen molar-refractivity contribution >= 4 is 17.5 Å². The molecule has 0 aliphatic carbocycles. The molecule has 0 radical (unpaired) electrons. The van der Waals surface area contributed by atoms with Gasteiger partial charge in [-0.25, -0.2) is 0 Å². The Balaban J connectivity index is 1.76. The molecule has 4 heteroatoms. The average molecular weight is 279 g/mol. The molecule has 1 unspecified atom stereocenters. The van der Waals surface area contributed by atoms with E-state index in [1.165, 1.54) is 6.42 Å². The minimum atomic E-state index is 0.142. The number of rotatable bonds is 1. The molecule has 2 aliphatic heterocycles. The van der Waals surface area contributed by atoms with Gasteiger partial charge in [-0.1, -0.05) is 11.6 Å². The first-order valence-corrected chi connectivity index (χ1v) is 7.24. The van der Waals surface area contributed by atoms with Gasteiger partial charge in [0, 0.05) is 35.6 Å². The van der Waals surface area contributed by atoms with Crippen molar-refractivity contribution in [2.75, 3.05) is 26.2 Å². The van der Waals surface area contributed by atoms with Crippen LogP contribution in [0.2, 0.25) is 5.02 Å². The van der Waals surface area contributed by atoms with Gasteiger partial charge in [-0.05, 0) is 50.1 Å². The molecule has 3 rings (SSSR count). The zero-order chi connectivity index (χ0) is 13.5. The van der Waals surface area contributed by atoms with Crippen LogP contribution < -0.4 is 5.32 Å². The third-order valence-corrected chi connectivity index (χ3v) is 4.89. The van der Waals surface area contributed by atoms with Gasteiger partial charge in [-0.15, -0.1) is 0 Å². The molecule has 2 aliphatic rings. The maximum atomic E-state index is 12.5. The minimum Gasteiger partial charge on any atom is -0.338 e. The number of nitrogens with one attached hydrogen (secondary N) is 1. The predicted molar refractivity (Wildman–Crippen MR) is 76.6 cm³/mol. The standard InChI is InChI=1S/C15H19ClN2O/c1-11-8-12(2-3-13(11)16)14(19)18-7-5-15(10-18)4-6-17-9-15/h2-3,8,17H,4-7,9-10H2,1H3. The zero-order valence-corrected chi connectivity index (χ0v) is 12.0. The van der Waals surface area contributed by atoms with Crippen LogP contribution in [0.1, 0.15) is 28.8 Å². The molecule has 2 fully saturated rings. The van der Waals surface area contributed by atoms with E-state index in [4.69, 9.17) is 11.6 Å². The normalized spacial score (nSPS) is 26.3. The summed E-state index contributed by atoms with van der Waals surface area (Å²) in [4.78, 5) is 14.5. The summed E-state index contributed by atoms with van der Waals surface area (Å²) >= 11 is 6.01. The van der Waals surface area contributed by atoms with Gasteiger partial charge in [-0.2, -0.15) is 0 Å². The van der Waals surface area contributed by atoms with Gasteiger partial charge < -0.3 is 10.2 Å². The van der Waals surface area contributed by atoms with E-state index in [1.807, 2.05) is 30.0 Å². The van der Waals surface area contributed by atoms with Crippen molar-refractivity contribution in [1.82, 2.24) is 10.2 Å². The van der Waals surface area contributed by atoms with E-state index in [0.29, 0.717) is 5.41 Å². The first kappa shape index (κ1) is 12.9. The Kier molecular flexibility index (Phi) is 3.27. The van der Waals surface area contributed by atoms with E-state index < -0.39 is 0 Å². The van der Waals surface area contributed by atoms with Crippen LogP contribution in [-0.4, -0.2) is 37.0 Å². The van der Waals surface area contributed by atoms with Crippen molar-refractivity contribution in [3.8, 4) is 0 Å². The molecule has 19 heavy (non-hydrogen) atoms. The highest BCUT2D eigenvalue weighted by Gasteiger charge is 2.41. The highest BCUT2D eigenvalue weighted by Crippen LogP contribution is 2.36. The van der Waals surface area contributed by atoms with Crippen LogP contribution in [0, 0.1) is 12.3 Å². The summed E-state index contributed by atoms with van der Waals surface area (Å²) in [5, 5.41) is 4.13. The number of hydrogen-bond donors (Lipinski definition) is 1. The number of carbonyl (C=O) groups excluding carboxylic acids is 1. The first-order valence-electron chi connectivity index (χ1n) is 6.86. The number of benzene rings is 1. The second kappa shape index (κ2) is 4.80. The summed E-state index contributed by atoms with van der Waals surface area (Å²) in [5.74, 6) is 0.142. The Hall–Kier alpha value is -1.06. The molecule has 1 N–H and O–H groups in total. The topological polar surface area (TPSA) is 32.3 Å². The highest BCUT2D eigenvalue weighted by molar-refractivity contribution is 6.31. The maximum Gasteiger partial charge on any atom is 0.253 e. The average Bonchev–Trinajstić information content (AvgIpc) is 3.03. The lowest BCUT2D eigenvalue weighted by molar-refractivity contribution is 0.0775. The molecule has 1 spiro atoms. The van der Waals surface area contributed by atoms with E-state index in [1.54, 1.807) is 0 Å². The summed E-state index contributed by atoms with van der Waals surface area (Å²) in [6, 6.07) is 5.53. The van der Waals surface area contributed by atoms with Crippen LogP contribution in [0.15, 0.2) is 18.2 Å². The molecule has 1 amide bonds. The molecular weight excluding hydrogens is 260 g/mol. The van der Waals surface area contributed by atoms with Crippen molar-refractivity contribution in [2.24, 2.45) is 5.41 Å². The number of carbonyl (C=O) groups is 1. The van der Waals surface area contributed by atoms with E-state index in [2.05, 4.69) is 5.32 Å². The molecule has 2 heterocycles. The number of likely N-dealkylation sites (tertiary alicyclic amines) is 1. The summed E-state index contributed by atoms with van der Waals surface area (Å²) in [5.41, 5.74) is 2.05. The lowest BCUT2D eigenvalue weighted by Crippen LogP contribution is -2.33. The van der Waals surface area contributed by atoms with Crippen molar-refractivity contribution in [1.29, 1.82) is 0 Å². The number of hydrogen-bond acceptors (Lipinski definition) is 2. The highest BCUT2D eigenvalue weighted by atomic mass is 35.5. The summed E-state index contributed by atoms with van der Waals surface area (Å²) in [7, 11) is 0. The molecule has 0 bridgehead atoms. The van der Waals surface area contributed by atoms with Crippen molar-refractivity contribution in [3.63, 3.8) is 0 Å². The Morgan fingerprint density at radius 3 is 2.95 bits per heavy atom. The molecule has 1 atom stereocenters. The zero-order valence-electron chi connectivity index (χ0n) is 11.2. The van der Waals surface area contributed by atoms with Crippen LogP contribution in [0.3, 0.4) is 0 Å². The molecule has 3 nitrogen and oxygen atoms in total. The quantitative estimate of drug-likeness (QED) is 0.856. The summed E-state index contributed by atoms with van der Waals surface area (Å²) in [6.45, 7) is 5.84. The Labute approximate surface area is 118 Å². The minimum absolute atomic E-state index is 0.142. The van der Waals surface area contributed by atoms with Gasteiger partial charge in [0.25, 0.3) is 5.91 Å². The molecule has 1 aromatic carbocycles. The fourth-order valence-electron chi connectivity index (χ4n) is 3.21. The van der Waals surface area contributed by atoms with Gasteiger partial charge in [0.15, 0.2) is 0 Å². The third kappa shape index (κ3) is 2.37. The third-order valence-electron chi connectivity index (χ3n) is 4.46. The van der Waals surface area contributed by atoms with Gasteiger partial charge in [0.1, 0.15) is 0 Å². The van der Waals surface area contributed by atoms with Crippen molar-refractivity contribution < 1.29 is 4.79 Å². The second-order valence-corrected chi connectivity index (χ2v) is 6.27. The van der Waals surface area contributed by atoms with E-state index in [0.717, 1.165) is 48.7 Å². The lowest BCUT2D eigenvalue weighted by Gasteiger charge is -2.23. The molecule has 1 aromatic rings. The van der Waals surface area contributed by atoms with E-state index in [-0.39, 0.29) is 5.91 Å². The second-order valence-electron chi connectivity index (χ2n) is 5.87. The van der Waals surface area contributed by atoms with Gasteiger partial charge in [0.2, 0.25) is 0 Å². The van der Waals surface area contributed by atoms with E-state index >= 15 is 0 Å². The monoisotopic (exact) mass is 278 g/mol. The maximum absolute atomic E-state index is 12.5. The molecule has 0 saturated carbocycles. The lowest BCUT2D eigenvalue weighted by atomic mass is 9.86. The fourth-order valence-corrected chi connectivity index (χ4v) is 3.33. The van der Waals surface area contributed by atoms with Crippen LogP contribution in [-0.2, 0) is 0 Å². The summed E-state index contributed by atoms with van der Waals surface area (Å²) in [6.07, 6.45) is 2.31. The van der Waals surface area contributed by atoms with Gasteiger partial charge in [-0.3, -0.25) is 4.79 Å². The number of halogens is 1. The van der Waals surface area contributed by atoms with Crippen LogP contribution in [0.5, 0.6) is 0 Å². The van der Waals surface area contributed by atoms with Gasteiger partial charge >= 0.3 is 0 Å². The molecule has 0 aromatic heterocycles. The largest absolute Gasteiger partial charge is 0.338 e. The SMILES string of the molecule is Cc1cc(C(=O)N2CCC3(CCNC3)C2)ccc1Cl. The van der Waals surface area contributed by atoms with Crippen LogP contribution in [0.4, 0.5) is 0 Å². The Morgan fingerprint density at radius 1 is 1.42 bits per heavy atom. The smallest absolute Gasteiger partial charge is 0.253 e. The summed E-state index contributed by atoms with van der Waals surface area (Å²) < 4.78 is 0. The van der Waals surface area contributed by atoms with Gasteiger partial charge in [0.05, 0.1) is 0 Å². The number of amides is 1. The molecule has 102 valence electrons. The Morgan fingerprint density at radius 2 is 2.26 bits per heavy atom. The predicted octanol–water partition coefficient (Wildman–Crippen LogP) is 2.47. The molecule has 2 saturated heterocycles. The van der Waals surface area contributed by atoms with Crippen LogP contribution in [0.25, 0.3) is 0 Å². The molecular formula is C15H19ClN2O. The van der Waals surface area contributed by atoms with Crippen molar-refractivity contribution in [2.45, 2.75) is 19.8 Å². The number of nitrogens with zero attached hydrogens (tertiary/aromatic N) is 1. The van der Waals surface area contributed by atoms with Crippen LogP contribution >= 0.6 is 11.6 Å². The van der Waals surface area contributed by atoms with Crippen molar-refractivity contribution in [3.05, 3.63) is 34.3 Å².